The lowest BCUT2D eigenvalue weighted by molar-refractivity contribution is -0.137. The molecule has 1 atom stereocenters. The van der Waals surface area contributed by atoms with Crippen LogP contribution in [0.1, 0.15) is 31.0 Å². The Labute approximate surface area is 87.3 Å². The van der Waals surface area contributed by atoms with Gasteiger partial charge in [-0.1, -0.05) is 19.1 Å². The zero-order valence-corrected chi connectivity index (χ0v) is 8.73. The largest absolute Gasteiger partial charge is 0.416 e. The highest BCUT2D eigenvalue weighted by Crippen LogP contribution is 2.29. The third kappa shape index (κ3) is 3.23. The average Bonchev–Trinajstić information content (AvgIpc) is 2.17. The highest BCUT2D eigenvalue weighted by atomic mass is 19.4. The summed E-state index contributed by atoms with van der Waals surface area (Å²) < 4.78 is 36.8. The number of alkyl halides is 3. The maximum Gasteiger partial charge on any atom is 0.416 e. The molecule has 1 aromatic rings. The molecule has 15 heavy (non-hydrogen) atoms. The third-order valence-electron chi connectivity index (χ3n) is 2.25. The number of benzene rings is 1. The summed E-state index contributed by atoms with van der Waals surface area (Å²) >= 11 is 0. The lowest BCUT2D eigenvalue weighted by Gasteiger charge is -2.13. The van der Waals surface area contributed by atoms with E-state index in [0.29, 0.717) is 0 Å². The van der Waals surface area contributed by atoms with Gasteiger partial charge in [-0.2, -0.15) is 13.2 Å². The van der Waals surface area contributed by atoms with Crippen LogP contribution in [0, 0.1) is 0 Å². The molecule has 0 amide bonds. The van der Waals surface area contributed by atoms with E-state index in [1.807, 2.05) is 13.8 Å². The summed E-state index contributed by atoms with van der Waals surface area (Å²) in [5.74, 6) is 0. The molecule has 0 spiro atoms. The minimum atomic E-state index is -4.25. The van der Waals surface area contributed by atoms with Crippen molar-refractivity contribution in [2.75, 3.05) is 6.54 Å². The van der Waals surface area contributed by atoms with Gasteiger partial charge in [0.2, 0.25) is 0 Å². The molecule has 84 valence electrons. The van der Waals surface area contributed by atoms with Crippen LogP contribution in [0.2, 0.25) is 0 Å². The number of halogens is 3. The Morgan fingerprint density at radius 3 is 2.13 bits per heavy atom. The summed E-state index contributed by atoms with van der Waals surface area (Å²) in [5.41, 5.74) is 0.264. The van der Waals surface area contributed by atoms with Crippen LogP contribution in [0.4, 0.5) is 13.2 Å². The van der Waals surface area contributed by atoms with Gasteiger partial charge in [0, 0.05) is 6.04 Å². The second kappa shape index (κ2) is 4.66. The molecular weight excluding hydrogens is 203 g/mol. The van der Waals surface area contributed by atoms with Gasteiger partial charge in [-0.25, -0.2) is 0 Å². The minimum absolute atomic E-state index is 0.0808. The van der Waals surface area contributed by atoms with Crippen LogP contribution in [0.5, 0.6) is 0 Å². The third-order valence-corrected chi connectivity index (χ3v) is 2.25. The SMILES string of the molecule is CCN[C@H](C)c1ccc(C(F)(F)F)cc1. The van der Waals surface area contributed by atoms with E-state index in [2.05, 4.69) is 5.32 Å². The number of hydrogen-bond donors (Lipinski definition) is 1. The average molecular weight is 217 g/mol. The Kier molecular flexibility index (Phi) is 3.74. The standard InChI is InChI=1S/C11H14F3N/c1-3-15-8(2)9-4-6-10(7-5-9)11(12,13)14/h4-8,15H,3H2,1-2H3/t8-/m1/s1. The first-order valence-electron chi connectivity index (χ1n) is 4.85. The summed E-state index contributed by atoms with van der Waals surface area (Å²) in [6.45, 7) is 4.68. The van der Waals surface area contributed by atoms with Crippen molar-refractivity contribution < 1.29 is 13.2 Å². The van der Waals surface area contributed by atoms with E-state index in [0.717, 1.165) is 24.2 Å². The summed E-state index contributed by atoms with van der Waals surface area (Å²) in [6, 6.07) is 5.33. The van der Waals surface area contributed by atoms with Gasteiger partial charge in [0.25, 0.3) is 0 Å². The topological polar surface area (TPSA) is 12.0 Å². The Bertz CT molecular complexity index is 303. The van der Waals surface area contributed by atoms with E-state index in [1.165, 1.54) is 12.1 Å². The van der Waals surface area contributed by atoms with Crippen LogP contribution in [0.15, 0.2) is 24.3 Å². The first kappa shape index (κ1) is 12.0. The molecule has 0 radical (unpaired) electrons. The lowest BCUT2D eigenvalue weighted by Crippen LogP contribution is -2.17. The summed E-state index contributed by atoms with van der Waals surface area (Å²) in [4.78, 5) is 0. The van der Waals surface area contributed by atoms with Crippen LogP contribution in [0.3, 0.4) is 0 Å². The van der Waals surface area contributed by atoms with Gasteiger partial charge in [-0.15, -0.1) is 0 Å². The van der Waals surface area contributed by atoms with E-state index in [1.54, 1.807) is 0 Å². The summed E-state index contributed by atoms with van der Waals surface area (Å²) in [6.07, 6.45) is -4.25. The van der Waals surface area contributed by atoms with Gasteiger partial charge in [-0.3, -0.25) is 0 Å². The molecule has 0 aliphatic heterocycles. The van der Waals surface area contributed by atoms with E-state index < -0.39 is 11.7 Å². The lowest BCUT2D eigenvalue weighted by atomic mass is 10.1. The summed E-state index contributed by atoms with van der Waals surface area (Å²) in [5, 5.41) is 3.14. The van der Waals surface area contributed by atoms with Crippen LogP contribution in [0.25, 0.3) is 0 Å². The Balaban J connectivity index is 2.81. The van der Waals surface area contributed by atoms with Crippen molar-refractivity contribution >= 4 is 0 Å². The molecular formula is C11H14F3N. The zero-order chi connectivity index (χ0) is 11.5. The first-order valence-corrected chi connectivity index (χ1v) is 4.85. The van der Waals surface area contributed by atoms with Gasteiger partial charge < -0.3 is 5.32 Å². The zero-order valence-electron chi connectivity index (χ0n) is 8.73. The number of hydrogen-bond acceptors (Lipinski definition) is 1. The molecule has 4 heteroatoms. The summed E-state index contributed by atoms with van der Waals surface area (Å²) in [7, 11) is 0. The Hall–Kier alpha value is -1.03. The second-order valence-corrected chi connectivity index (χ2v) is 3.40. The number of rotatable bonds is 3. The highest BCUT2D eigenvalue weighted by molar-refractivity contribution is 5.26. The monoisotopic (exact) mass is 217 g/mol. The van der Waals surface area contributed by atoms with Crippen molar-refractivity contribution in [2.24, 2.45) is 0 Å². The normalized spacial score (nSPS) is 13.9. The fourth-order valence-corrected chi connectivity index (χ4v) is 1.38. The fraction of sp³-hybridized carbons (Fsp3) is 0.455. The highest BCUT2D eigenvalue weighted by Gasteiger charge is 2.30. The number of nitrogens with one attached hydrogen (secondary N) is 1. The van der Waals surface area contributed by atoms with E-state index in [-0.39, 0.29) is 6.04 Å². The maximum absolute atomic E-state index is 12.3. The van der Waals surface area contributed by atoms with Gasteiger partial charge in [0.1, 0.15) is 0 Å². The van der Waals surface area contributed by atoms with Crippen molar-refractivity contribution in [1.82, 2.24) is 5.32 Å². The Morgan fingerprint density at radius 1 is 1.20 bits per heavy atom. The van der Waals surface area contributed by atoms with Crippen molar-refractivity contribution in [1.29, 1.82) is 0 Å². The molecule has 1 aromatic carbocycles. The molecule has 0 aliphatic rings. The van der Waals surface area contributed by atoms with Crippen molar-refractivity contribution in [3.05, 3.63) is 35.4 Å². The molecule has 0 aromatic heterocycles. The smallest absolute Gasteiger partial charge is 0.310 e. The van der Waals surface area contributed by atoms with Crippen LogP contribution >= 0.6 is 0 Å². The molecule has 1 nitrogen and oxygen atoms in total. The van der Waals surface area contributed by atoms with Crippen molar-refractivity contribution in [3.63, 3.8) is 0 Å². The van der Waals surface area contributed by atoms with E-state index >= 15 is 0 Å². The molecule has 0 saturated carbocycles. The van der Waals surface area contributed by atoms with Gasteiger partial charge in [0.05, 0.1) is 5.56 Å². The molecule has 0 bridgehead atoms. The molecule has 0 aliphatic carbocycles. The fourth-order valence-electron chi connectivity index (χ4n) is 1.38. The predicted octanol–water partition coefficient (Wildman–Crippen LogP) is 3.38. The van der Waals surface area contributed by atoms with Gasteiger partial charge >= 0.3 is 6.18 Å². The van der Waals surface area contributed by atoms with Crippen molar-refractivity contribution in [3.8, 4) is 0 Å². The maximum atomic E-state index is 12.3. The second-order valence-electron chi connectivity index (χ2n) is 3.40. The molecule has 1 rings (SSSR count). The molecule has 0 heterocycles. The van der Waals surface area contributed by atoms with E-state index in [9.17, 15) is 13.2 Å². The minimum Gasteiger partial charge on any atom is -0.310 e. The van der Waals surface area contributed by atoms with Gasteiger partial charge in [-0.05, 0) is 31.2 Å². The quantitative estimate of drug-likeness (QED) is 0.818. The molecule has 1 N–H and O–H groups in total. The van der Waals surface area contributed by atoms with Crippen LogP contribution in [-0.4, -0.2) is 6.54 Å². The molecule has 0 saturated heterocycles. The van der Waals surface area contributed by atoms with Crippen LogP contribution in [-0.2, 0) is 6.18 Å². The van der Waals surface area contributed by atoms with Crippen LogP contribution < -0.4 is 5.32 Å². The molecule has 0 unspecified atom stereocenters. The van der Waals surface area contributed by atoms with Crippen molar-refractivity contribution in [2.45, 2.75) is 26.1 Å². The first-order chi connectivity index (χ1) is 6.95. The van der Waals surface area contributed by atoms with E-state index in [4.69, 9.17) is 0 Å². The molecule has 0 fully saturated rings. The van der Waals surface area contributed by atoms with Gasteiger partial charge in [0.15, 0.2) is 0 Å². The Morgan fingerprint density at radius 2 is 1.73 bits per heavy atom. The predicted molar refractivity (Wildman–Crippen MR) is 53.5 cm³/mol.